The Labute approximate surface area is 197 Å². The van der Waals surface area contributed by atoms with Crippen LogP contribution in [-0.4, -0.2) is 34.9 Å². The lowest BCUT2D eigenvalue weighted by molar-refractivity contribution is -0.207. The number of nitrogens with zero attached hydrogens (tertiary/aromatic N) is 6. The average molecular weight is 510 g/mol. The molecule has 3 heterocycles. The Morgan fingerprint density at radius 1 is 0.944 bits per heavy atom. The molecule has 7 nitrogen and oxygen atoms in total. The van der Waals surface area contributed by atoms with Crippen LogP contribution in [0, 0.1) is 23.5 Å². The van der Waals surface area contributed by atoms with Crippen LogP contribution < -0.4 is 0 Å². The van der Waals surface area contributed by atoms with Crippen molar-refractivity contribution in [2.24, 2.45) is 0 Å². The third-order valence-electron chi connectivity index (χ3n) is 5.10. The number of hydrogen-bond donors (Lipinski definition) is 1. The zero-order chi connectivity index (χ0) is 26.1. The van der Waals surface area contributed by atoms with Crippen LogP contribution in [-0.2, 0) is 24.4 Å². The third kappa shape index (κ3) is 4.78. The minimum absolute atomic E-state index is 0.00102. The molecule has 1 unspecified atom stereocenters. The summed E-state index contributed by atoms with van der Waals surface area (Å²) in [4.78, 5) is 3.62. The molecule has 1 aromatic carbocycles. The monoisotopic (exact) mass is 510 g/mol. The lowest BCUT2D eigenvalue weighted by Crippen LogP contribution is -2.48. The van der Waals surface area contributed by atoms with Gasteiger partial charge in [0, 0.05) is 41.3 Å². The maximum absolute atomic E-state index is 15.7. The highest BCUT2D eigenvalue weighted by Crippen LogP contribution is 2.46. The van der Waals surface area contributed by atoms with Crippen molar-refractivity contribution in [1.82, 2.24) is 29.8 Å². The molecule has 0 bridgehead atoms. The first-order chi connectivity index (χ1) is 16.9. The van der Waals surface area contributed by atoms with Gasteiger partial charge in [-0.2, -0.15) is 8.78 Å². The van der Waals surface area contributed by atoms with Crippen molar-refractivity contribution in [2.45, 2.75) is 24.4 Å². The SMILES string of the molecule is OC(Cn1cnnn1)(c1ccc(F)cc1F)C(F)(F)c1ccc(C#Cc2ccn(C(F)(F)F)c2)cn1. The van der Waals surface area contributed by atoms with E-state index in [1.165, 1.54) is 0 Å². The average Bonchev–Trinajstić information content (AvgIpc) is 3.50. The first kappa shape index (κ1) is 24.9. The highest BCUT2D eigenvalue weighted by atomic mass is 19.4. The van der Waals surface area contributed by atoms with Crippen LogP contribution in [0.2, 0.25) is 0 Å². The summed E-state index contributed by atoms with van der Waals surface area (Å²) in [6.07, 6.45) is -1.26. The summed E-state index contributed by atoms with van der Waals surface area (Å²) < 4.78 is 98.0. The first-order valence-corrected chi connectivity index (χ1v) is 9.90. The van der Waals surface area contributed by atoms with Gasteiger partial charge in [-0.25, -0.2) is 13.5 Å². The molecule has 0 saturated heterocycles. The Morgan fingerprint density at radius 3 is 2.28 bits per heavy atom. The van der Waals surface area contributed by atoms with Crippen LogP contribution in [0.25, 0.3) is 0 Å². The second-order valence-corrected chi connectivity index (χ2v) is 7.52. The van der Waals surface area contributed by atoms with E-state index in [2.05, 4.69) is 32.4 Å². The zero-order valence-electron chi connectivity index (χ0n) is 17.8. The van der Waals surface area contributed by atoms with Crippen molar-refractivity contribution in [3.8, 4) is 11.8 Å². The molecule has 0 aliphatic rings. The molecule has 1 atom stereocenters. The number of rotatable bonds is 5. The Hall–Kier alpha value is -4.25. The molecule has 3 aromatic heterocycles. The van der Waals surface area contributed by atoms with Gasteiger partial charge in [0.2, 0.25) is 0 Å². The molecule has 0 amide bonds. The minimum Gasteiger partial charge on any atom is -0.377 e. The molecule has 0 spiro atoms. The van der Waals surface area contributed by atoms with Gasteiger partial charge in [-0.1, -0.05) is 11.8 Å². The van der Waals surface area contributed by atoms with Crippen molar-refractivity contribution < 1.29 is 35.8 Å². The summed E-state index contributed by atoms with van der Waals surface area (Å²) in [5.74, 6) is -1.79. The standard InChI is InChI=1S/C22H13F7N6O/c23-16-4-5-17(18(24)9-16)20(36,12-35-13-31-32-33-35)21(25,26)19-6-3-14(10-30-19)1-2-15-7-8-34(11-15)22(27,28)29/h3-11,13,36H,12H2. The molecule has 0 fully saturated rings. The highest BCUT2D eigenvalue weighted by Gasteiger charge is 2.58. The number of alkyl halides is 5. The number of hydrogen-bond acceptors (Lipinski definition) is 5. The zero-order valence-corrected chi connectivity index (χ0v) is 17.8. The summed E-state index contributed by atoms with van der Waals surface area (Å²) in [6, 6.07) is 4.76. The Bertz CT molecular complexity index is 1420. The summed E-state index contributed by atoms with van der Waals surface area (Å²) >= 11 is 0. The fraction of sp³-hybridized carbons (Fsp3) is 0.182. The van der Waals surface area contributed by atoms with Crippen LogP contribution >= 0.6 is 0 Å². The maximum atomic E-state index is 15.7. The topological polar surface area (TPSA) is 81.6 Å². The van der Waals surface area contributed by atoms with Crippen LogP contribution in [0.4, 0.5) is 30.7 Å². The smallest absolute Gasteiger partial charge is 0.377 e. The van der Waals surface area contributed by atoms with E-state index in [1.54, 1.807) is 0 Å². The van der Waals surface area contributed by atoms with Gasteiger partial charge in [-0.05, 0) is 40.8 Å². The number of aromatic nitrogens is 6. The molecule has 0 aliphatic heterocycles. The summed E-state index contributed by atoms with van der Waals surface area (Å²) in [6.45, 7) is -1.02. The van der Waals surface area contributed by atoms with Gasteiger partial charge in [-0.15, -0.1) is 18.3 Å². The highest BCUT2D eigenvalue weighted by molar-refractivity contribution is 5.42. The molecule has 0 aliphatic carbocycles. The second kappa shape index (κ2) is 9.08. The fourth-order valence-corrected chi connectivity index (χ4v) is 3.30. The summed E-state index contributed by atoms with van der Waals surface area (Å²) in [5, 5.41) is 21.1. The molecule has 186 valence electrons. The van der Waals surface area contributed by atoms with Crippen LogP contribution in [0.5, 0.6) is 0 Å². The molecule has 1 N–H and O–H groups in total. The molecule has 4 aromatic rings. The van der Waals surface area contributed by atoms with Gasteiger partial charge in [0.15, 0.2) is 5.60 Å². The number of benzene rings is 1. The van der Waals surface area contributed by atoms with Crippen LogP contribution in [0.15, 0.2) is 61.3 Å². The van der Waals surface area contributed by atoms with Gasteiger partial charge in [0.25, 0.3) is 0 Å². The van der Waals surface area contributed by atoms with E-state index < -0.39 is 47.3 Å². The Kier molecular flexibility index (Phi) is 6.27. The summed E-state index contributed by atoms with van der Waals surface area (Å²) in [7, 11) is 0. The molecule has 0 radical (unpaired) electrons. The van der Waals surface area contributed by atoms with Crippen LogP contribution in [0.3, 0.4) is 0 Å². The van der Waals surface area contributed by atoms with Gasteiger partial charge in [0.05, 0.1) is 6.54 Å². The van der Waals surface area contributed by atoms with E-state index in [0.717, 1.165) is 47.8 Å². The van der Waals surface area contributed by atoms with E-state index in [9.17, 15) is 27.1 Å². The molecule has 4 rings (SSSR count). The molecular weight excluding hydrogens is 497 g/mol. The fourth-order valence-electron chi connectivity index (χ4n) is 3.30. The lowest BCUT2D eigenvalue weighted by atomic mass is 9.84. The third-order valence-corrected chi connectivity index (χ3v) is 5.10. The molecule has 0 saturated carbocycles. The number of tetrazole rings is 1. The van der Waals surface area contributed by atoms with E-state index >= 15 is 8.78 Å². The van der Waals surface area contributed by atoms with E-state index in [-0.39, 0.29) is 15.7 Å². The minimum atomic E-state index is -4.61. The van der Waals surface area contributed by atoms with E-state index in [1.807, 2.05) is 0 Å². The van der Waals surface area contributed by atoms with Gasteiger partial charge in [-0.3, -0.25) is 9.55 Å². The van der Waals surface area contributed by atoms with Crippen molar-refractivity contribution in [1.29, 1.82) is 0 Å². The maximum Gasteiger partial charge on any atom is 0.488 e. The Morgan fingerprint density at radius 2 is 1.69 bits per heavy atom. The van der Waals surface area contributed by atoms with E-state index in [4.69, 9.17) is 0 Å². The quantitative estimate of drug-likeness (QED) is 0.327. The largest absolute Gasteiger partial charge is 0.488 e. The van der Waals surface area contributed by atoms with Gasteiger partial charge < -0.3 is 5.11 Å². The molecular formula is C22H13F7N6O. The summed E-state index contributed by atoms with van der Waals surface area (Å²) in [5.41, 5.74) is -5.13. The van der Waals surface area contributed by atoms with Gasteiger partial charge >= 0.3 is 12.2 Å². The molecule has 14 heteroatoms. The van der Waals surface area contributed by atoms with Crippen molar-refractivity contribution in [3.63, 3.8) is 0 Å². The number of aliphatic hydroxyl groups is 1. The first-order valence-electron chi connectivity index (χ1n) is 9.90. The van der Waals surface area contributed by atoms with Crippen molar-refractivity contribution in [3.05, 3.63) is 95.3 Å². The Balaban J connectivity index is 1.67. The number of pyridine rings is 1. The normalized spacial score (nSPS) is 13.7. The van der Waals surface area contributed by atoms with Crippen molar-refractivity contribution >= 4 is 0 Å². The predicted octanol–water partition coefficient (Wildman–Crippen LogP) is 3.70. The molecule has 36 heavy (non-hydrogen) atoms. The van der Waals surface area contributed by atoms with E-state index in [0.29, 0.717) is 18.2 Å². The lowest BCUT2D eigenvalue weighted by Gasteiger charge is -2.35. The van der Waals surface area contributed by atoms with Crippen LogP contribution in [0.1, 0.15) is 22.4 Å². The number of halogens is 7. The van der Waals surface area contributed by atoms with Crippen molar-refractivity contribution in [2.75, 3.05) is 0 Å². The second-order valence-electron chi connectivity index (χ2n) is 7.52. The van der Waals surface area contributed by atoms with Gasteiger partial charge in [0.1, 0.15) is 23.7 Å². The predicted molar refractivity (Wildman–Crippen MR) is 108 cm³/mol.